The zero-order valence-corrected chi connectivity index (χ0v) is 14.7. The van der Waals surface area contributed by atoms with E-state index < -0.39 is 5.82 Å². The van der Waals surface area contributed by atoms with Crippen LogP contribution in [-0.4, -0.2) is 47.5 Å². The minimum Gasteiger partial charge on any atom is -0.359 e. The summed E-state index contributed by atoms with van der Waals surface area (Å²) in [6.45, 7) is 2.21. The maximum absolute atomic E-state index is 14.2. The molecular weight excluding hydrogens is 331 g/mol. The third kappa shape index (κ3) is 3.32. The zero-order valence-electron chi connectivity index (χ0n) is 14.7. The van der Waals surface area contributed by atoms with Crippen LogP contribution >= 0.6 is 0 Å². The van der Waals surface area contributed by atoms with Gasteiger partial charge in [-0.15, -0.1) is 0 Å². The van der Waals surface area contributed by atoms with Crippen molar-refractivity contribution in [1.82, 2.24) is 20.2 Å². The number of H-pyrrole nitrogens is 1. The minimum absolute atomic E-state index is 0.262. The van der Waals surface area contributed by atoms with Gasteiger partial charge in [0, 0.05) is 36.1 Å². The number of fused-ring (bicyclic) bond motifs is 4. The molecule has 0 atom stereocenters. The lowest BCUT2D eigenvalue weighted by Crippen LogP contribution is -2.33. The molecular formula is C20H21FN4O. The Kier molecular flexibility index (Phi) is 4.42. The molecule has 1 aliphatic heterocycles. The smallest absolute Gasteiger partial charge is 0.251 e. The number of amides is 1. The number of aromatic amines is 1. The van der Waals surface area contributed by atoms with Crippen LogP contribution in [0.15, 0.2) is 36.5 Å². The zero-order chi connectivity index (χ0) is 18.1. The molecule has 5 nitrogen and oxygen atoms in total. The van der Waals surface area contributed by atoms with Crippen molar-refractivity contribution in [3.8, 4) is 11.1 Å². The number of carbonyl (C=O) groups excluding carboxylic acids is 1. The monoisotopic (exact) mass is 352 g/mol. The highest BCUT2D eigenvalue weighted by Gasteiger charge is 2.14. The molecule has 1 aliphatic rings. The lowest BCUT2D eigenvalue weighted by Gasteiger charge is -2.16. The molecule has 2 aromatic heterocycles. The third-order valence-electron chi connectivity index (χ3n) is 4.80. The molecule has 26 heavy (non-hydrogen) atoms. The van der Waals surface area contributed by atoms with Gasteiger partial charge in [-0.1, -0.05) is 0 Å². The lowest BCUT2D eigenvalue weighted by atomic mass is 10.0. The van der Waals surface area contributed by atoms with Gasteiger partial charge < -0.3 is 15.2 Å². The van der Waals surface area contributed by atoms with Crippen molar-refractivity contribution in [2.75, 3.05) is 26.7 Å². The fourth-order valence-electron chi connectivity index (χ4n) is 3.38. The summed E-state index contributed by atoms with van der Waals surface area (Å²) in [5, 5.41) is 2.87. The normalized spacial score (nSPS) is 16.3. The Balaban J connectivity index is 1.84. The van der Waals surface area contributed by atoms with Crippen LogP contribution in [0, 0.1) is 5.82 Å². The highest BCUT2D eigenvalue weighted by molar-refractivity contribution is 5.98. The minimum atomic E-state index is -0.431. The molecule has 0 saturated carbocycles. The van der Waals surface area contributed by atoms with Crippen LogP contribution in [0.25, 0.3) is 22.2 Å². The molecule has 1 aromatic carbocycles. The molecule has 4 rings (SSSR count). The van der Waals surface area contributed by atoms with Crippen molar-refractivity contribution < 1.29 is 9.18 Å². The third-order valence-corrected chi connectivity index (χ3v) is 4.80. The highest BCUT2D eigenvalue weighted by atomic mass is 19.1. The first-order valence-corrected chi connectivity index (χ1v) is 8.85. The number of nitrogens with zero attached hydrogens (tertiary/aromatic N) is 2. The topological polar surface area (TPSA) is 61.0 Å². The Hall–Kier alpha value is -2.73. The van der Waals surface area contributed by atoms with E-state index in [0.717, 1.165) is 48.2 Å². The van der Waals surface area contributed by atoms with E-state index in [0.29, 0.717) is 17.7 Å². The van der Waals surface area contributed by atoms with E-state index in [1.54, 1.807) is 6.07 Å². The number of hydrogen-bond acceptors (Lipinski definition) is 3. The molecule has 134 valence electrons. The van der Waals surface area contributed by atoms with Crippen LogP contribution in [0.1, 0.15) is 22.5 Å². The molecule has 3 heterocycles. The van der Waals surface area contributed by atoms with Crippen molar-refractivity contribution in [2.24, 2.45) is 0 Å². The fourth-order valence-corrected chi connectivity index (χ4v) is 3.38. The van der Waals surface area contributed by atoms with E-state index in [1.807, 2.05) is 25.4 Å². The number of nitrogens with one attached hydrogen (secondary N) is 2. The Morgan fingerprint density at radius 3 is 2.88 bits per heavy atom. The van der Waals surface area contributed by atoms with E-state index in [-0.39, 0.29) is 5.91 Å². The van der Waals surface area contributed by atoms with Gasteiger partial charge >= 0.3 is 0 Å². The van der Waals surface area contributed by atoms with E-state index in [1.165, 1.54) is 12.1 Å². The molecule has 0 aliphatic carbocycles. The summed E-state index contributed by atoms with van der Waals surface area (Å²) in [6, 6.07) is 8.48. The molecule has 6 heteroatoms. The number of benzene rings is 1. The van der Waals surface area contributed by atoms with Gasteiger partial charge in [0.1, 0.15) is 5.82 Å². The van der Waals surface area contributed by atoms with Crippen molar-refractivity contribution in [3.63, 3.8) is 0 Å². The maximum Gasteiger partial charge on any atom is 0.251 e. The predicted molar refractivity (Wildman–Crippen MR) is 99.6 cm³/mol. The number of rotatable bonds is 0. The summed E-state index contributed by atoms with van der Waals surface area (Å²) in [7, 11) is 2.03. The lowest BCUT2D eigenvalue weighted by molar-refractivity contribution is 0.0949. The van der Waals surface area contributed by atoms with Crippen molar-refractivity contribution in [1.29, 1.82) is 0 Å². The molecule has 2 N–H and O–H groups in total. The van der Waals surface area contributed by atoms with Gasteiger partial charge in [-0.05, 0) is 62.3 Å². The standard InChI is InChI=1S/C20H21FN4O/c1-25-7-2-3-16-4-5-18-19(24-16)17(12-23-18)13-9-14(11-15(21)10-13)20(26)22-6-8-25/h4-5,9-12,23H,2-3,6-8H2,1H3,(H,22,26). The number of likely N-dealkylation sites (N-methyl/N-ethyl adjacent to an activating group) is 1. The first kappa shape index (κ1) is 16.7. The van der Waals surface area contributed by atoms with Crippen LogP contribution in [0.3, 0.4) is 0 Å². The van der Waals surface area contributed by atoms with Gasteiger partial charge in [0.25, 0.3) is 5.91 Å². The SMILES string of the molecule is CN1CCCc2ccc3[nH]cc(c3n2)-c2cc(F)cc(c2)C(=O)NCC1. The average molecular weight is 352 g/mol. The van der Waals surface area contributed by atoms with E-state index in [4.69, 9.17) is 4.98 Å². The van der Waals surface area contributed by atoms with Crippen molar-refractivity contribution in [3.05, 3.63) is 53.6 Å². The molecule has 1 amide bonds. The molecule has 3 aromatic rings. The van der Waals surface area contributed by atoms with Gasteiger partial charge in [0.15, 0.2) is 0 Å². The summed E-state index contributed by atoms with van der Waals surface area (Å²) in [5.41, 5.74) is 4.51. The van der Waals surface area contributed by atoms with E-state index in [2.05, 4.69) is 15.2 Å². The van der Waals surface area contributed by atoms with Gasteiger partial charge in [0.05, 0.1) is 11.0 Å². The number of aryl methyl sites for hydroxylation is 1. The summed E-state index contributed by atoms with van der Waals surface area (Å²) < 4.78 is 14.2. The number of carbonyl (C=O) groups is 1. The van der Waals surface area contributed by atoms with Crippen LogP contribution in [0.4, 0.5) is 4.39 Å². The largest absolute Gasteiger partial charge is 0.359 e. The molecule has 0 spiro atoms. The molecule has 0 saturated heterocycles. The second-order valence-corrected chi connectivity index (χ2v) is 6.79. The number of pyridine rings is 1. The van der Waals surface area contributed by atoms with Crippen LogP contribution in [0.5, 0.6) is 0 Å². The highest BCUT2D eigenvalue weighted by Crippen LogP contribution is 2.29. The number of halogens is 1. The number of aromatic nitrogens is 2. The molecule has 0 unspecified atom stereocenters. The van der Waals surface area contributed by atoms with Crippen LogP contribution in [-0.2, 0) is 6.42 Å². The molecule has 4 bridgehead atoms. The first-order valence-electron chi connectivity index (χ1n) is 8.85. The van der Waals surface area contributed by atoms with Crippen LogP contribution < -0.4 is 5.32 Å². The van der Waals surface area contributed by atoms with Crippen LogP contribution in [0.2, 0.25) is 0 Å². The predicted octanol–water partition coefficient (Wildman–Crippen LogP) is 2.98. The summed E-state index contributed by atoms with van der Waals surface area (Å²) >= 11 is 0. The van der Waals surface area contributed by atoms with Gasteiger partial charge in [-0.25, -0.2) is 4.39 Å². The van der Waals surface area contributed by atoms with E-state index >= 15 is 0 Å². The number of hydrogen-bond donors (Lipinski definition) is 2. The quantitative estimate of drug-likeness (QED) is 0.654. The van der Waals surface area contributed by atoms with Gasteiger partial charge in [0.2, 0.25) is 0 Å². The Labute approximate surface area is 151 Å². The average Bonchev–Trinajstić information content (AvgIpc) is 3.03. The summed E-state index contributed by atoms with van der Waals surface area (Å²) in [5.74, 6) is -0.692. The fraction of sp³-hybridized carbons (Fsp3) is 0.300. The second-order valence-electron chi connectivity index (χ2n) is 6.79. The van der Waals surface area contributed by atoms with Crippen molar-refractivity contribution >= 4 is 16.9 Å². The Bertz CT molecular complexity index is 966. The van der Waals surface area contributed by atoms with Gasteiger partial charge in [-0.2, -0.15) is 0 Å². The second kappa shape index (κ2) is 6.88. The van der Waals surface area contributed by atoms with Crippen molar-refractivity contribution in [2.45, 2.75) is 12.8 Å². The molecule has 0 fully saturated rings. The molecule has 0 radical (unpaired) electrons. The van der Waals surface area contributed by atoms with Gasteiger partial charge in [-0.3, -0.25) is 9.78 Å². The van der Waals surface area contributed by atoms with E-state index in [9.17, 15) is 9.18 Å². The summed E-state index contributed by atoms with van der Waals surface area (Å²) in [6.07, 6.45) is 3.69. The summed E-state index contributed by atoms with van der Waals surface area (Å²) in [4.78, 5) is 22.6. The Morgan fingerprint density at radius 1 is 1.15 bits per heavy atom. The maximum atomic E-state index is 14.2. The Morgan fingerprint density at radius 2 is 2.00 bits per heavy atom. The first-order chi connectivity index (χ1) is 12.6.